The molecule has 2 N–H and O–H groups in total. The summed E-state index contributed by atoms with van der Waals surface area (Å²) in [6.45, 7) is 3.21. The molecule has 0 bridgehead atoms. The molecule has 158 valence electrons. The van der Waals surface area contributed by atoms with E-state index in [9.17, 15) is 14.0 Å². The van der Waals surface area contributed by atoms with Gasteiger partial charge in [0.2, 0.25) is 0 Å². The molecule has 2 aliphatic carbocycles. The SMILES string of the molecule is Cc1cc(CNC(=O)N(C2CC2)[C@@H]2CCCN(C(=O)NC3CC3)C2)c(F)cc1Cl. The number of urea groups is 2. The van der Waals surface area contributed by atoms with Crippen molar-refractivity contribution in [2.24, 2.45) is 0 Å². The van der Waals surface area contributed by atoms with Crippen LogP contribution in [0.2, 0.25) is 5.02 Å². The highest BCUT2D eigenvalue weighted by molar-refractivity contribution is 6.31. The van der Waals surface area contributed by atoms with Gasteiger partial charge in [-0.1, -0.05) is 11.6 Å². The van der Waals surface area contributed by atoms with Crippen molar-refractivity contribution < 1.29 is 14.0 Å². The van der Waals surface area contributed by atoms with Crippen molar-refractivity contribution in [1.29, 1.82) is 0 Å². The van der Waals surface area contributed by atoms with Gasteiger partial charge in [-0.3, -0.25) is 0 Å². The third kappa shape index (κ3) is 4.94. The van der Waals surface area contributed by atoms with E-state index in [2.05, 4.69) is 10.6 Å². The average molecular weight is 423 g/mol. The van der Waals surface area contributed by atoms with E-state index in [0.717, 1.165) is 50.6 Å². The van der Waals surface area contributed by atoms with Crippen LogP contribution in [0.1, 0.15) is 49.7 Å². The predicted octanol–water partition coefficient (Wildman–Crippen LogP) is 3.80. The normalized spacial score (nSPS) is 21.6. The Morgan fingerprint density at radius 3 is 2.66 bits per heavy atom. The maximum absolute atomic E-state index is 14.2. The first-order valence-electron chi connectivity index (χ1n) is 10.5. The quantitative estimate of drug-likeness (QED) is 0.758. The predicted molar refractivity (Wildman–Crippen MR) is 109 cm³/mol. The Kier molecular flexibility index (Phi) is 5.86. The molecule has 8 heteroatoms. The minimum Gasteiger partial charge on any atom is -0.335 e. The van der Waals surface area contributed by atoms with Crippen LogP contribution in [0.25, 0.3) is 0 Å². The molecule has 29 heavy (non-hydrogen) atoms. The molecule has 1 saturated heterocycles. The van der Waals surface area contributed by atoms with Crippen LogP contribution >= 0.6 is 11.6 Å². The maximum Gasteiger partial charge on any atom is 0.318 e. The van der Waals surface area contributed by atoms with Crippen molar-refractivity contribution >= 4 is 23.7 Å². The summed E-state index contributed by atoms with van der Waals surface area (Å²) in [6.07, 6.45) is 5.83. The number of rotatable bonds is 5. The maximum atomic E-state index is 14.2. The molecule has 1 aliphatic heterocycles. The summed E-state index contributed by atoms with van der Waals surface area (Å²) in [5, 5.41) is 6.29. The van der Waals surface area contributed by atoms with Gasteiger partial charge in [0.05, 0.1) is 6.04 Å². The van der Waals surface area contributed by atoms with Crippen LogP contribution in [0.15, 0.2) is 12.1 Å². The highest BCUT2D eigenvalue weighted by Crippen LogP contribution is 2.32. The van der Waals surface area contributed by atoms with Crippen molar-refractivity contribution in [3.63, 3.8) is 0 Å². The largest absolute Gasteiger partial charge is 0.335 e. The Hall–Kier alpha value is -2.02. The molecule has 1 atom stereocenters. The summed E-state index contributed by atoms with van der Waals surface area (Å²) >= 11 is 5.95. The fraction of sp³-hybridized carbons (Fsp3) is 0.619. The molecule has 2 saturated carbocycles. The van der Waals surface area contributed by atoms with Gasteiger partial charge in [-0.15, -0.1) is 0 Å². The van der Waals surface area contributed by atoms with Crippen molar-refractivity contribution in [3.05, 3.63) is 34.1 Å². The minimum atomic E-state index is -0.417. The molecular formula is C21H28ClFN4O2. The molecule has 6 nitrogen and oxygen atoms in total. The molecular weight excluding hydrogens is 395 g/mol. The number of aryl methyl sites for hydroxylation is 1. The molecule has 1 aromatic carbocycles. The standard InChI is InChI=1S/C21H28ClFN4O2/c1-13-9-14(19(23)10-18(13)22)11-24-20(28)27(16-6-7-16)17-3-2-8-26(12-17)21(29)25-15-4-5-15/h9-10,15-17H,2-8,11-12H2,1H3,(H,24,28)(H,25,29)/t17-/m1/s1. The van der Waals surface area contributed by atoms with Gasteiger partial charge in [0.15, 0.2) is 0 Å². The van der Waals surface area contributed by atoms with E-state index in [4.69, 9.17) is 11.6 Å². The number of piperidine rings is 1. The molecule has 4 rings (SSSR count). The number of benzene rings is 1. The first-order valence-corrected chi connectivity index (χ1v) is 10.9. The smallest absolute Gasteiger partial charge is 0.318 e. The highest BCUT2D eigenvalue weighted by Gasteiger charge is 2.40. The molecule has 1 heterocycles. The lowest BCUT2D eigenvalue weighted by Crippen LogP contribution is -2.56. The van der Waals surface area contributed by atoms with Crippen molar-refractivity contribution in [3.8, 4) is 0 Å². The van der Waals surface area contributed by atoms with Gasteiger partial charge in [0.25, 0.3) is 0 Å². The van der Waals surface area contributed by atoms with Crippen LogP contribution in [0.4, 0.5) is 14.0 Å². The van der Waals surface area contributed by atoms with Gasteiger partial charge < -0.3 is 20.4 Å². The monoisotopic (exact) mass is 422 g/mol. The number of nitrogens with zero attached hydrogens (tertiary/aromatic N) is 2. The van der Waals surface area contributed by atoms with Crippen LogP contribution in [0.5, 0.6) is 0 Å². The molecule has 0 unspecified atom stereocenters. The fourth-order valence-corrected chi connectivity index (χ4v) is 4.11. The van der Waals surface area contributed by atoms with E-state index in [0.29, 0.717) is 23.2 Å². The van der Waals surface area contributed by atoms with Crippen molar-refractivity contribution in [1.82, 2.24) is 20.4 Å². The first-order chi connectivity index (χ1) is 13.9. The molecule has 3 fully saturated rings. The van der Waals surface area contributed by atoms with Crippen LogP contribution in [0.3, 0.4) is 0 Å². The Labute approximate surface area is 175 Å². The first kappa shape index (κ1) is 20.3. The lowest BCUT2D eigenvalue weighted by Gasteiger charge is -2.39. The summed E-state index contributed by atoms with van der Waals surface area (Å²) in [5.74, 6) is -0.417. The van der Waals surface area contributed by atoms with Gasteiger partial charge in [-0.2, -0.15) is 0 Å². The summed E-state index contributed by atoms with van der Waals surface area (Å²) in [4.78, 5) is 29.1. The summed E-state index contributed by atoms with van der Waals surface area (Å²) in [7, 11) is 0. The zero-order chi connectivity index (χ0) is 20.5. The van der Waals surface area contributed by atoms with Crippen LogP contribution < -0.4 is 10.6 Å². The van der Waals surface area contributed by atoms with E-state index in [1.165, 1.54) is 6.07 Å². The number of hydrogen-bond donors (Lipinski definition) is 2. The topological polar surface area (TPSA) is 64.7 Å². The number of amides is 4. The van der Waals surface area contributed by atoms with E-state index < -0.39 is 5.82 Å². The Morgan fingerprint density at radius 1 is 1.21 bits per heavy atom. The second-order valence-electron chi connectivity index (χ2n) is 8.46. The molecule has 0 radical (unpaired) electrons. The van der Waals surface area contributed by atoms with Crippen LogP contribution in [0, 0.1) is 12.7 Å². The zero-order valence-corrected chi connectivity index (χ0v) is 17.5. The Balaban J connectivity index is 1.38. The lowest BCUT2D eigenvalue weighted by molar-refractivity contribution is 0.115. The fourth-order valence-electron chi connectivity index (χ4n) is 3.96. The Morgan fingerprint density at radius 2 is 1.97 bits per heavy atom. The van der Waals surface area contributed by atoms with E-state index >= 15 is 0 Å². The zero-order valence-electron chi connectivity index (χ0n) is 16.7. The number of hydrogen-bond acceptors (Lipinski definition) is 2. The van der Waals surface area contributed by atoms with E-state index in [1.54, 1.807) is 6.07 Å². The van der Waals surface area contributed by atoms with Gasteiger partial charge in [0.1, 0.15) is 5.82 Å². The average Bonchev–Trinajstić information content (AvgIpc) is 3.60. The molecule has 0 aromatic heterocycles. The number of likely N-dealkylation sites (tertiary alicyclic amines) is 1. The summed E-state index contributed by atoms with van der Waals surface area (Å²) < 4.78 is 14.2. The van der Waals surface area contributed by atoms with Gasteiger partial charge in [0, 0.05) is 42.3 Å². The van der Waals surface area contributed by atoms with E-state index in [1.807, 2.05) is 16.7 Å². The molecule has 4 amide bonds. The van der Waals surface area contributed by atoms with Crippen molar-refractivity contribution in [2.75, 3.05) is 13.1 Å². The number of halogens is 2. The number of carbonyl (C=O) groups excluding carboxylic acids is 2. The second kappa shape index (κ2) is 8.38. The summed E-state index contributed by atoms with van der Waals surface area (Å²) in [6, 6.07) is 3.28. The number of nitrogens with one attached hydrogen (secondary N) is 2. The molecule has 1 aromatic rings. The van der Waals surface area contributed by atoms with Gasteiger partial charge >= 0.3 is 12.1 Å². The lowest BCUT2D eigenvalue weighted by atomic mass is 10.0. The third-order valence-electron chi connectivity index (χ3n) is 5.91. The summed E-state index contributed by atoms with van der Waals surface area (Å²) in [5.41, 5.74) is 1.20. The third-order valence-corrected chi connectivity index (χ3v) is 6.32. The molecule has 3 aliphatic rings. The Bertz CT molecular complexity index is 797. The highest BCUT2D eigenvalue weighted by atomic mass is 35.5. The van der Waals surface area contributed by atoms with Crippen LogP contribution in [-0.2, 0) is 6.54 Å². The van der Waals surface area contributed by atoms with Crippen molar-refractivity contribution in [2.45, 2.75) is 70.1 Å². The van der Waals surface area contributed by atoms with E-state index in [-0.39, 0.29) is 30.7 Å². The molecule has 0 spiro atoms. The van der Waals surface area contributed by atoms with Crippen LogP contribution in [-0.4, -0.2) is 53.1 Å². The second-order valence-corrected chi connectivity index (χ2v) is 8.86. The number of carbonyl (C=O) groups is 2. The van der Waals surface area contributed by atoms with Gasteiger partial charge in [-0.25, -0.2) is 14.0 Å². The van der Waals surface area contributed by atoms with Gasteiger partial charge in [-0.05, 0) is 63.1 Å². The minimum absolute atomic E-state index is 0.00185.